The Balaban J connectivity index is 1.17. The molecule has 2 aromatic rings. The van der Waals surface area contributed by atoms with E-state index in [1.807, 2.05) is 31.2 Å². The van der Waals surface area contributed by atoms with Gasteiger partial charge in [-0.1, -0.05) is 25.1 Å². The number of carbonyl (C=O) groups is 1. The zero-order valence-electron chi connectivity index (χ0n) is 19.2. The van der Waals surface area contributed by atoms with Crippen molar-refractivity contribution in [1.82, 2.24) is 10.2 Å². The monoisotopic (exact) mass is 424 g/mol. The molecular formula is C26H36N2O3. The van der Waals surface area contributed by atoms with Gasteiger partial charge >= 0.3 is 0 Å². The molecule has 2 unspecified atom stereocenters. The van der Waals surface area contributed by atoms with E-state index in [0.717, 1.165) is 74.6 Å². The molecule has 1 amide bonds. The first-order chi connectivity index (χ1) is 15.0. The number of furan rings is 1. The van der Waals surface area contributed by atoms with Gasteiger partial charge in [-0.25, -0.2) is 0 Å². The maximum absolute atomic E-state index is 12.7. The average Bonchev–Trinajstić information content (AvgIpc) is 3.31. The zero-order valence-corrected chi connectivity index (χ0v) is 19.2. The predicted molar refractivity (Wildman–Crippen MR) is 122 cm³/mol. The molecule has 168 valence electrons. The quantitative estimate of drug-likeness (QED) is 0.642. The molecule has 4 rings (SSSR count). The minimum absolute atomic E-state index is 0.206. The summed E-state index contributed by atoms with van der Waals surface area (Å²) in [5.41, 5.74) is 1.40. The highest BCUT2D eigenvalue weighted by atomic mass is 16.5. The second kappa shape index (κ2) is 9.47. The van der Waals surface area contributed by atoms with Gasteiger partial charge in [0.05, 0.1) is 7.11 Å². The van der Waals surface area contributed by atoms with Gasteiger partial charge < -0.3 is 19.4 Å². The zero-order chi connectivity index (χ0) is 21.8. The smallest absolute Gasteiger partial charge is 0.223 e. The summed E-state index contributed by atoms with van der Waals surface area (Å²) in [6, 6.07) is 12.2. The summed E-state index contributed by atoms with van der Waals surface area (Å²) >= 11 is 0. The summed E-state index contributed by atoms with van der Waals surface area (Å²) in [5, 5.41) is 3.17. The van der Waals surface area contributed by atoms with Crippen LogP contribution < -0.4 is 10.1 Å². The molecule has 5 nitrogen and oxygen atoms in total. The number of hydrogen-bond donors (Lipinski definition) is 1. The highest BCUT2D eigenvalue weighted by Gasteiger charge is 2.58. The molecule has 2 heterocycles. The molecule has 1 N–H and O–H groups in total. The number of methoxy groups -OCH3 is 1. The van der Waals surface area contributed by atoms with Gasteiger partial charge in [-0.2, -0.15) is 0 Å². The van der Waals surface area contributed by atoms with E-state index in [2.05, 4.69) is 29.3 Å². The van der Waals surface area contributed by atoms with Crippen molar-refractivity contribution in [3.05, 3.63) is 53.5 Å². The second-order valence-corrected chi connectivity index (χ2v) is 9.45. The number of nitrogens with zero attached hydrogens (tertiary/aromatic N) is 1. The van der Waals surface area contributed by atoms with Gasteiger partial charge in [0.1, 0.15) is 17.3 Å². The largest absolute Gasteiger partial charge is 0.496 e. The fourth-order valence-corrected chi connectivity index (χ4v) is 5.08. The summed E-state index contributed by atoms with van der Waals surface area (Å²) in [6.07, 6.45) is 5.27. The van der Waals surface area contributed by atoms with Crippen molar-refractivity contribution in [3.8, 4) is 5.75 Å². The van der Waals surface area contributed by atoms with E-state index >= 15 is 0 Å². The van der Waals surface area contributed by atoms with Crippen molar-refractivity contribution in [1.29, 1.82) is 0 Å². The first-order valence-electron chi connectivity index (χ1n) is 11.7. The van der Waals surface area contributed by atoms with Crippen molar-refractivity contribution < 1.29 is 13.9 Å². The van der Waals surface area contributed by atoms with Gasteiger partial charge in [-0.3, -0.25) is 4.79 Å². The summed E-state index contributed by atoms with van der Waals surface area (Å²) in [4.78, 5) is 15.3. The van der Waals surface area contributed by atoms with Gasteiger partial charge in [0.25, 0.3) is 0 Å². The fraction of sp³-hybridized carbons (Fsp3) is 0.577. The van der Waals surface area contributed by atoms with Crippen molar-refractivity contribution in [2.24, 2.45) is 11.3 Å². The first-order valence-corrected chi connectivity index (χ1v) is 11.7. The summed E-state index contributed by atoms with van der Waals surface area (Å²) in [6.45, 7) is 8.23. The van der Waals surface area contributed by atoms with Gasteiger partial charge in [0.2, 0.25) is 5.91 Å². The number of rotatable bonds is 9. The van der Waals surface area contributed by atoms with Crippen LogP contribution >= 0.6 is 0 Å². The van der Waals surface area contributed by atoms with Crippen LogP contribution in [0.4, 0.5) is 0 Å². The molecule has 1 saturated carbocycles. The van der Waals surface area contributed by atoms with E-state index in [-0.39, 0.29) is 17.2 Å². The van der Waals surface area contributed by atoms with Crippen molar-refractivity contribution in [2.75, 3.05) is 33.3 Å². The Hall–Kier alpha value is -2.27. The lowest BCUT2D eigenvalue weighted by Gasteiger charge is -2.33. The van der Waals surface area contributed by atoms with E-state index in [1.54, 1.807) is 7.11 Å². The van der Waals surface area contributed by atoms with Gasteiger partial charge in [0, 0.05) is 18.4 Å². The SMILES string of the molecule is COc1ccccc1CCNC(=O)C1CC12CCN(CCC(C)c1ccc(C)o1)CC2. The van der Waals surface area contributed by atoms with Gasteiger partial charge in [0.15, 0.2) is 0 Å². The number of nitrogens with one attached hydrogen (secondary N) is 1. The van der Waals surface area contributed by atoms with Crippen LogP contribution in [-0.4, -0.2) is 44.1 Å². The molecule has 1 aromatic carbocycles. The van der Waals surface area contributed by atoms with E-state index in [4.69, 9.17) is 9.15 Å². The molecule has 0 radical (unpaired) electrons. The van der Waals surface area contributed by atoms with Crippen molar-refractivity contribution >= 4 is 5.91 Å². The molecule has 1 spiro atoms. The van der Waals surface area contributed by atoms with E-state index in [9.17, 15) is 4.79 Å². The molecule has 2 aliphatic rings. The first kappa shape index (κ1) is 21.9. The van der Waals surface area contributed by atoms with Crippen LogP contribution in [0.15, 0.2) is 40.8 Å². The van der Waals surface area contributed by atoms with E-state index in [0.29, 0.717) is 12.5 Å². The van der Waals surface area contributed by atoms with Crippen molar-refractivity contribution in [3.63, 3.8) is 0 Å². The lowest BCUT2D eigenvalue weighted by atomic mass is 9.90. The number of ether oxygens (including phenoxy) is 1. The number of amides is 1. The highest BCUT2D eigenvalue weighted by molar-refractivity contribution is 5.82. The topological polar surface area (TPSA) is 54.7 Å². The Morgan fingerprint density at radius 1 is 1.26 bits per heavy atom. The fourth-order valence-electron chi connectivity index (χ4n) is 5.08. The number of para-hydroxylation sites is 1. The van der Waals surface area contributed by atoms with Crippen molar-refractivity contribution in [2.45, 2.75) is 51.9 Å². The third-order valence-corrected chi connectivity index (χ3v) is 7.37. The lowest BCUT2D eigenvalue weighted by Crippen LogP contribution is -2.38. The number of carbonyl (C=O) groups excluding carboxylic acids is 1. The molecule has 5 heteroatoms. The minimum atomic E-state index is 0.206. The van der Waals surface area contributed by atoms with Crippen LogP contribution in [0, 0.1) is 18.3 Å². The molecule has 1 aromatic heterocycles. The number of benzene rings is 1. The third-order valence-electron chi connectivity index (χ3n) is 7.37. The third kappa shape index (κ3) is 5.15. The molecule has 1 aliphatic heterocycles. The van der Waals surface area contributed by atoms with Crippen LogP contribution in [0.3, 0.4) is 0 Å². The maximum Gasteiger partial charge on any atom is 0.223 e. The maximum atomic E-state index is 12.7. The van der Waals surface area contributed by atoms with Crippen LogP contribution in [0.5, 0.6) is 5.75 Å². The Morgan fingerprint density at radius 2 is 2.03 bits per heavy atom. The standard InChI is InChI=1S/C26H36N2O3/c1-19(23-9-8-20(2)31-23)11-15-28-16-12-26(13-17-28)18-22(26)25(29)27-14-10-21-6-4-5-7-24(21)30-3/h4-9,19,22H,10-18H2,1-3H3,(H,27,29). The van der Waals surface area contributed by atoms with Crippen LogP contribution in [0.1, 0.15) is 55.6 Å². The Bertz CT molecular complexity index is 882. The van der Waals surface area contributed by atoms with Gasteiger partial charge in [-0.15, -0.1) is 0 Å². The Labute approximate surface area is 186 Å². The average molecular weight is 425 g/mol. The Morgan fingerprint density at radius 3 is 2.74 bits per heavy atom. The minimum Gasteiger partial charge on any atom is -0.496 e. The molecular weight excluding hydrogens is 388 g/mol. The van der Waals surface area contributed by atoms with Crippen LogP contribution in [0.25, 0.3) is 0 Å². The molecule has 31 heavy (non-hydrogen) atoms. The highest BCUT2D eigenvalue weighted by Crippen LogP contribution is 2.59. The predicted octanol–water partition coefficient (Wildman–Crippen LogP) is 4.55. The number of piperidine rings is 1. The Kier molecular flexibility index (Phi) is 6.71. The molecule has 1 aliphatic carbocycles. The van der Waals surface area contributed by atoms with Crippen LogP contribution in [0.2, 0.25) is 0 Å². The number of aryl methyl sites for hydroxylation is 1. The molecule has 2 atom stereocenters. The summed E-state index contributed by atoms with van der Waals surface area (Å²) < 4.78 is 11.2. The van der Waals surface area contributed by atoms with Gasteiger partial charge in [-0.05, 0) is 87.8 Å². The lowest BCUT2D eigenvalue weighted by molar-refractivity contribution is -0.123. The van der Waals surface area contributed by atoms with E-state index < -0.39 is 0 Å². The van der Waals surface area contributed by atoms with Crippen LogP contribution in [-0.2, 0) is 11.2 Å². The normalized spacial score (nSPS) is 21.1. The molecule has 2 fully saturated rings. The summed E-state index contributed by atoms with van der Waals surface area (Å²) in [5.74, 6) is 3.87. The van der Waals surface area contributed by atoms with E-state index in [1.165, 1.54) is 0 Å². The molecule has 0 bridgehead atoms. The second-order valence-electron chi connectivity index (χ2n) is 9.45. The number of hydrogen-bond acceptors (Lipinski definition) is 4. The number of likely N-dealkylation sites (tertiary alicyclic amines) is 1. The summed E-state index contributed by atoms with van der Waals surface area (Å²) in [7, 11) is 1.69. The molecule has 1 saturated heterocycles.